The van der Waals surface area contributed by atoms with Gasteiger partial charge in [-0.3, -0.25) is 0 Å². The van der Waals surface area contributed by atoms with Gasteiger partial charge in [0.25, 0.3) is 0 Å². The highest BCUT2D eigenvalue weighted by atomic mass is 16.5. The van der Waals surface area contributed by atoms with Gasteiger partial charge < -0.3 is 14.9 Å². The highest BCUT2D eigenvalue weighted by Crippen LogP contribution is 2.37. The van der Waals surface area contributed by atoms with Crippen LogP contribution in [0.2, 0.25) is 0 Å². The number of ether oxygens (including phenoxy) is 1. The molecule has 1 aliphatic carbocycles. The van der Waals surface area contributed by atoms with Gasteiger partial charge in [-0.15, -0.1) is 0 Å². The predicted octanol–water partition coefficient (Wildman–Crippen LogP) is 1.82. The lowest BCUT2D eigenvalue weighted by atomic mass is 9.77. The van der Waals surface area contributed by atoms with Gasteiger partial charge in [0.1, 0.15) is 11.4 Å². The minimum absolute atomic E-state index is 0.625. The third kappa shape index (κ3) is 1.93. The maximum absolute atomic E-state index is 10.5. The SMILES string of the molecule is COc1ccc(C2(O)CCCCC2O)cc1. The van der Waals surface area contributed by atoms with Crippen molar-refractivity contribution < 1.29 is 14.9 Å². The molecule has 1 aliphatic rings. The molecule has 0 saturated heterocycles. The van der Waals surface area contributed by atoms with Gasteiger partial charge in [0.15, 0.2) is 0 Å². The van der Waals surface area contributed by atoms with Crippen molar-refractivity contribution >= 4 is 0 Å². The summed E-state index contributed by atoms with van der Waals surface area (Å²) in [7, 11) is 1.61. The Morgan fingerprint density at radius 2 is 1.94 bits per heavy atom. The fourth-order valence-corrected chi connectivity index (χ4v) is 2.35. The Morgan fingerprint density at radius 1 is 1.25 bits per heavy atom. The number of methoxy groups -OCH3 is 1. The summed E-state index contributed by atoms with van der Waals surface area (Å²) in [6.07, 6.45) is 2.58. The van der Waals surface area contributed by atoms with Crippen molar-refractivity contribution in [3.05, 3.63) is 29.8 Å². The molecule has 2 atom stereocenters. The van der Waals surface area contributed by atoms with Gasteiger partial charge in [0.2, 0.25) is 0 Å². The highest BCUT2D eigenvalue weighted by molar-refractivity contribution is 5.31. The number of benzene rings is 1. The fraction of sp³-hybridized carbons (Fsp3) is 0.538. The first-order valence-electron chi connectivity index (χ1n) is 5.72. The molecule has 1 fully saturated rings. The van der Waals surface area contributed by atoms with Crippen LogP contribution in [0.1, 0.15) is 31.2 Å². The van der Waals surface area contributed by atoms with Crippen LogP contribution in [-0.2, 0) is 5.60 Å². The maximum atomic E-state index is 10.5. The Morgan fingerprint density at radius 3 is 2.50 bits per heavy atom. The van der Waals surface area contributed by atoms with Crippen LogP contribution in [0, 0.1) is 0 Å². The second-order valence-corrected chi connectivity index (χ2v) is 4.41. The third-order valence-corrected chi connectivity index (χ3v) is 3.43. The lowest BCUT2D eigenvalue weighted by molar-refractivity contribution is -0.106. The summed E-state index contributed by atoms with van der Waals surface area (Å²) >= 11 is 0. The molecule has 0 aliphatic heterocycles. The largest absolute Gasteiger partial charge is 0.497 e. The van der Waals surface area contributed by atoms with E-state index in [1.807, 2.05) is 24.3 Å². The van der Waals surface area contributed by atoms with E-state index in [-0.39, 0.29) is 0 Å². The average molecular weight is 222 g/mol. The monoisotopic (exact) mass is 222 g/mol. The fourth-order valence-electron chi connectivity index (χ4n) is 2.35. The Kier molecular flexibility index (Phi) is 3.17. The topological polar surface area (TPSA) is 49.7 Å². The van der Waals surface area contributed by atoms with Crippen LogP contribution in [0.15, 0.2) is 24.3 Å². The molecular formula is C13H18O3. The zero-order chi connectivity index (χ0) is 11.6. The Bertz CT molecular complexity index is 347. The van der Waals surface area contributed by atoms with Crippen LogP contribution < -0.4 is 4.74 Å². The van der Waals surface area contributed by atoms with Gasteiger partial charge in [-0.2, -0.15) is 0 Å². The molecule has 1 aromatic carbocycles. The van der Waals surface area contributed by atoms with Gasteiger partial charge in [0.05, 0.1) is 13.2 Å². The molecule has 3 heteroatoms. The maximum Gasteiger partial charge on any atom is 0.118 e. The molecule has 16 heavy (non-hydrogen) atoms. The van der Waals surface area contributed by atoms with E-state index in [1.54, 1.807) is 7.11 Å². The van der Waals surface area contributed by atoms with Crippen molar-refractivity contribution in [2.45, 2.75) is 37.4 Å². The van der Waals surface area contributed by atoms with E-state index in [1.165, 1.54) is 0 Å². The third-order valence-electron chi connectivity index (χ3n) is 3.43. The van der Waals surface area contributed by atoms with Gasteiger partial charge in [-0.05, 0) is 30.5 Å². The van der Waals surface area contributed by atoms with Crippen molar-refractivity contribution in [1.29, 1.82) is 0 Å². The minimum Gasteiger partial charge on any atom is -0.497 e. The summed E-state index contributed by atoms with van der Waals surface area (Å²) < 4.78 is 5.07. The van der Waals surface area contributed by atoms with E-state index in [2.05, 4.69) is 0 Å². The van der Waals surface area contributed by atoms with Crippen LogP contribution in [0.25, 0.3) is 0 Å². The van der Waals surface area contributed by atoms with Crippen molar-refractivity contribution in [3.63, 3.8) is 0 Å². The van der Waals surface area contributed by atoms with Crippen molar-refractivity contribution in [2.75, 3.05) is 7.11 Å². The molecule has 2 rings (SSSR count). The number of aliphatic hydroxyl groups is 2. The smallest absolute Gasteiger partial charge is 0.118 e. The molecule has 88 valence electrons. The molecule has 0 aromatic heterocycles. The number of aliphatic hydroxyl groups excluding tert-OH is 1. The van der Waals surface area contributed by atoms with E-state index >= 15 is 0 Å². The lowest BCUT2D eigenvalue weighted by Gasteiger charge is -2.37. The van der Waals surface area contributed by atoms with Crippen molar-refractivity contribution in [3.8, 4) is 5.75 Å². The van der Waals surface area contributed by atoms with Crippen LogP contribution in [0.5, 0.6) is 5.75 Å². The van der Waals surface area contributed by atoms with E-state index < -0.39 is 11.7 Å². The van der Waals surface area contributed by atoms with Crippen LogP contribution in [0.4, 0.5) is 0 Å². The molecule has 1 aromatic rings. The minimum atomic E-state index is -1.08. The summed E-state index contributed by atoms with van der Waals surface area (Å²) in [5.41, 5.74) is -0.301. The van der Waals surface area contributed by atoms with E-state index in [0.717, 1.165) is 24.2 Å². The summed E-state index contributed by atoms with van der Waals surface area (Å²) in [5, 5.41) is 20.4. The predicted molar refractivity (Wildman–Crippen MR) is 61.4 cm³/mol. The summed E-state index contributed by atoms with van der Waals surface area (Å²) in [6, 6.07) is 7.28. The van der Waals surface area contributed by atoms with Crippen LogP contribution in [-0.4, -0.2) is 23.4 Å². The van der Waals surface area contributed by atoms with E-state index in [4.69, 9.17) is 4.74 Å². The van der Waals surface area contributed by atoms with Gasteiger partial charge in [-0.25, -0.2) is 0 Å². The molecule has 2 N–H and O–H groups in total. The molecule has 1 saturated carbocycles. The molecular weight excluding hydrogens is 204 g/mol. The first-order chi connectivity index (χ1) is 7.66. The second-order valence-electron chi connectivity index (χ2n) is 4.41. The normalized spacial score (nSPS) is 30.1. The second kappa shape index (κ2) is 4.44. The Balaban J connectivity index is 2.26. The van der Waals surface area contributed by atoms with Crippen molar-refractivity contribution in [1.82, 2.24) is 0 Å². The standard InChI is InChI=1S/C13H18O3/c1-16-11-7-5-10(6-8-11)13(15)9-3-2-4-12(13)14/h5-8,12,14-15H,2-4,9H2,1H3. The summed E-state index contributed by atoms with van der Waals surface area (Å²) in [4.78, 5) is 0. The molecule has 2 unspecified atom stereocenters. The van der Waals surface area contributed by atoms with E-state index in [9.17, 15) is 10.2 Å². The summed E-state index contributed by atoms with van der Waals surface area (Å²) in [6.45, 7) is 0. The van der Waals surface area contributed by atoms with Crippen LogP contribution in [0.3, 0.4) is 0 Å². The van der Waals surface area contributed by atoms with Crippen LogP contribution >= 0.6 is 0 Å². The zero-order valence-electron chi connectivity index (χ0n) is 9.52. The number of rotatable bonds is 2. The molecule has 0 amide bonds. The highest BCUT2D eigenvalue weighted by Gasteiger charge is 2.39. The number of hydrogen-bond donors (Lipinski definition) is 2. The molecule has 0 radical (unpaired) electrons. The van der Waals surface area contributed by atoms with Gasteiger partial charge in [-0.1, -0.05) is 25.0 Å². The average Bonchev–Trinajstić information content (AvgIpc) is 2.33. The first-order valence-corrected chi connectivity index (χ1v) is 5.72. The summed E-state index contributed by atoms with van der Waals surface area (Å²) in [5.74, 6) is 0.762. The lowest BCUT2D eigenvalue weighted by Crippen LogP contribution is -2.42. The Labute approximate surface area is 95.7 Å². The zero-order valence-corrected chi connectivity index (χ0v) is 9.52. The molecule has 3 nitrogen and oxygen atoms in total. The van der Waals surface area contributed by atoms with E-state index in [0.29, 0.717) is 12.8 Å². The Hall–Kier alpha value is -1.06. The first kappa shape index (κ1) is 11.4. The quantitative estimate of drug-likeness (QED) is 0.802. The number of hydrogen-bond acceptors (Lipinski definition) is 3. The molecule has 0 spiro atoms. The molecule has 0 heterocycles. The molecule has 0 bridgehead atoms. The van der Waals surface area contributed by atoms with Gasteiger partial charge >= 0.3 is 0 Å². The van der Waals surface area contributed by atoms with Gasteiger partial charge in [0, 0.05) is 0 Å². The van der Waals surface area contributed by atoms with Crippen molar-refractivity contribution in [2.24, 2.45) is 0 Å².